The quantitative estimate of drug-likeness (QED) is 0.804. The van der Waals surface area contributed by atoms with Crippen LogP contribution in [-0.2, 0) is 15.9 Å². The number of aryl methyl sites for hydroxylation is 1. The lowest BCUT2D eigenvalue weighted by Gasteiger charge is -2.25. The van der Waals surface area contributed by atoms with Gasteiger partial charge in [-0.2, -0.15) is 4.31 Å². The van der Waals surface area contributed by atoms with Gasteiger partial charge in [0.1, 0.15) is 4.21 Å². The van der Waals surface area contributed by atoms with Crippen LogP contribution < -0.4 is 0 Å². The van der Waals surface area contributed by atoms with Crippen molar-refractivity contribution < 1.29 is 8.42 Å². The van der Waals surface area contributed by atoms with E-state index in [9.17, 15) is 8.42 Å². The van der Waals surface area contributed by atoms with E-state index in [1.165, 1.54) is 11.3 Å². The fourth-order valence-corrected chi connectivity index (χ4v) is 5.47. The molecule has 0 atom stereocenters. The van der Waals surface area contributed by atoms with E-state index >= 15 is 0 Å². The van der Waals surface area contributed by atoms with Crippen LogP contribution in [0.1, 0.15) is 29.7 Å². The van der Waals surface area contributed by atoms with Crippen LogP contribution in [0.15, 0.2) is 10.3 Å². The lowest BCUT2D eigenvalue weighted by molar-refractivity contribution is 0.347. The highest BCUT2D eigenvalue weighted by molar-refractivity contribution is 7.91. The van der Waals surface area contributed by atoms with Crippen molar-refractivity contribution in [3.8, 4) is 0 Å². The van der Waals surface area contributed by atoms with Gasteiger partial charge in [0.25, 0.3) is 10.0 Å². The summed E-state index contributed by atoms with van der Waals surface area (Å²) in [4.78, 5) is 0.947. The summed E-state index contributed by atoms with van der Waals surface area (Å²) in [5, 5.41) is 0. The third-order valence-electron chi connectivity index (χ3n) is 3.03. The fraction of sp³-hybridized carbons (Fsp3) is 0.636. The predicted molar refractivity (Wildman–Crippen MR) is 71.2 cm³/mol. The summed E-state index contributed by atoms with van der Waals surface area (Å²) in [6, 6.07) is 1.74. The number of piperidine rings is 1. The SMILES string of the molecule is Cc1cc(S(=O)(=O)N2CCCCC2)sc1CCl. The average molecular weight is 294 g/mol. The molecule has 3 nitrogen and oxygen atoms in total. The van der Waals surface area contributed by atoms with E-state index < -0.39 is 10.0 Å². The molecule has 1 fully saturated rings. The summed E-state index contributed by atoms with van der Waals surface area (Å²) >= 11 is 7.08. The molecule has 0 N–H and O–H groups in total. The largest absolute Gasteiger partial charge is 0.252 e. The van der Waals surface area contributed by atoms with Crippen LogP contribution in [0.2, 0.25) is 0 Å². The van der Waals surface area contributed by atoms with Crippen molar-refractivity contribution in [2.24, 2.45) is 0 Å². The standard InChI is InChI=1S/C11H16ClNO2S2/c1-9-7-11(16-10(9)8-12)17(14,15)13-5-3-2-4-6-13/h7H,2-6,8H2,1H3. The Kier molecular flexibility index (Phi) is 4.13. The van der Waals surface area contributed by atoms with Gasteiger partial charge >= 0.3 is 0 Å². The number of hydrogen-bond donors (Lipinski definition) is 0. The molecule has 0 amide bonds. The topological polar surface area (TPSA) is 37.4 Å². The van der Waals surface area contributed by atoms with Gasteiger partial charge in [-0.3, -0.25) is 0 Å². The Bertz CT molecular complexity index is 490. The summed E-state index contributed by atoms with van der Waals surface area (Å²) in [6.07, 6.45) is 3.06. The number of sulfonamides is 1. The van der Waals surface area contributed by atoms with E-state index in [-0.39, 0.29) is 0 Å². The number of nitrogens with zero attached hydrogens (tertiary/aromatic N) is 1. The first kappa shape index (κ1) is 13.3. The van der Waals surface area contributed by atoms with Gasteiger partial charge in [0, 0.05) is 18.0 Å². The molecule has 17 heavy (non-hydrogen) atoms. The first-order valence-electron chi connectivity index (χ1n) is 5.71. The number of halogens is 1. The second-order valence-corrected chi connectivity index (χ2v) is 7.84. The van der Waals surface area contributed by atoms with Crippen molar-refractivity contribution in [2.45, 2.75) is 36.3 Å². The lowest BCUT2D eigenvalue weighted by atomic mass is 10.2. The van der Waals surface area contributed by atoms with Crippen LogP contribution in [0, 0.1) is 6.92 Å². The maximum Gasteiger partial charge on any atom is 0.252 e. The van der Waals surface area contributed by atoms with Gasteiger partial charge in [-0.1, -0.05) is 6.42 Å². The normalized spacial score (nSPS) is 18.5. The van der Waals surface area contributed by atoms with Crippen molar-refractivity contribution >= 4 is 33.0 Å². The summed E-state index contributed by atoms with van der Waals surface area (Å²) in [5.41, 5.74) is 0.973. The van der Waals surface area contributed by atoms with Crippen molar-refractivity contribution in [3.63, 3.8) is 0 Å². The second-order valence-electron chi connectivity index (χ2n) is 4.27. The maximum atomic E-state index is 12.4. The fourth-order valence-electron chi connectivity index (χ4n) is 1.98. The minimum absolute atomic E-state index is 0.381. The van der Waals surface area contributed by atoms with E-state index in [1.807, 2.05) is 6.92 Å². The Morgan fingerprint density at radius 3 is 2.53 bits per heavy atom. The van der Waals surface area contributed by atoms with Crippen molar-refractivity contribution in [3.05, 3.63) is 16.5 Å². The van der Waals surface area contributed by atoms with Gasteiger partial charge in [-0.25, -0.2) is 8.42 Å². The van der Waals surface area contributed by atoms with Gasteiger partial charge in [0.05, 0.1) is 5.88 Å². The molecule has 2 rings (SSSR count). The molecule has 6 heteroatoms. The zero-order valence-corrected chi connectivity index (χ0v) is 12.2. The molecular formula is C11H16ClNO2S2. The number of thiophene rings is 1. The lowest BCUT2D eigenvalue weighted by Crippen LogP contribution is -2.35. The highest BCUT2D eigenvalue weighted by atomic mass is 35.5. The van der Waals surface area contributed by atoms with Crippen LogP contribution in [0.4, 0.5) is 0 Å². The van der Waals surface area contributed by atoms with Gasteiger partial charge in [0.2, 0.25) is 0 Å². The molecule has 1 aliphatic heterocycles. The van der Waals surface area contributed by atoms with Gasteiger partial charge < -0.3 is 0 Å². The number of alkyl halides is 1. The number of rotatable bonds is 3. The van der Waals surface area contributed by atoms with Crippen molar-refractivity contribution in [1.82, 2.24) is 4.31 Å². The number of hydrogen-bond acceptors (Lipinski definition) is 3. The average Bonchev–Trinajstić information content (AvgIpc) is 2.72. The molecule has 0 aliphatic carbocycles. The zero-order chi connectivity index (χ0) is 12.5. The van der Waals surface area contributed by atoms with Crippen molar-refractivity contribution in [1.29, 1.82) is 0 Å². The molecule has 96 valence electrons. The minimum Gasteiger partial charge on any atom is -0.206 e. The van der Waals surface area contributed by atoms with Crippen LogP contribution in [-0.4, -0.2) is 25.8 Å². The molecule has 0 bridgehead atoms. The van der Waals surface area contributed by atoms with Gasteiger partial charge in [-0.05, 0) is 31.4 Å². The Morgan fingerprint density at radius 1 is 1.35 bits per heavy atom. The molecule has 1 aliphatic rings. The van der Waals surface area contributed by atoms with E-state index in [4.69, 9.17) is 11.6 Å². The highest BCUT2D eigenvalue weighted by Crippen LogP contribution is 2.30. The Morgan fingerprint density at radius 2 is 2.00 bits per heavy atom. The minimum atomic E-state index is -3.28. The van der Waals surface area contributed by atoms with E-state index in [1.54, 1.807) is 10.4 Å². The third-order valence-corrected chi connectivity index (χ3v) is 7.04. The third kappa shape index (κ3) is 2.67. The Labute approximate surface area is 111 Å². The Balaban J connectivity index is 2.30. The first-order valence-corrected chi connectivity index (χ1v) is 8.50. The molecule has 2 heterocycles. The predicted octanol–water partition coefficient (Wildman–Crippen LogP) is 2.97. The molecule has 1 saturated heterocycles. The molecule has 1 aromatic rings. The summed E-state index contributed by atoms with van der Waals surface area (Å²) < 4.78 is 26.8. The van der Waals surface area contributed by atoms with Gasteiger partial charge in [-0.15, -0.1) is 22.9 Å². The monoisotopic (exact) mass is 293 g/mol. The molecule has 0 radical (unpaired) electrons. The molecular weight excluding hydrogens is 278 g/mol. The van der Waals surface area contributed by atoms with Crippen LogP contribution >= 0.6 is 22.9 Å². The summed E-state index contributed by atoms with van der Waals surface area (Å²) in [5.74, 6) is 0.381. The first-order chi connectivity index (χ1) is 8.05. The molecule has 1 aromatic heterocycles. The zero-order valence-electron chi connectivity index (χ0n) is 9.78. The molecule has 0 unspecified atom stereocenters. The summed E-state index contributed by atoms with van der Waals surface area (Å²) in [7, 11) is -3.28. The van der Waals surface area contributed by atoms with E-state index in [0.717, 1.165) is 29.7 Å². The molecule has 0 aromatic carbocycles. The van der Waals surface area contributed by atoms with Crippen LogP contribution in [0.5, 0.6) is 0 Å². The highest BCUT2D eigenvalue weighted by Gasteiger charge is 2.27. The second kappa shape index (κ2) is 5.26. The van der Waals surface area contributed by atoms with E-state index in [0.29, 0.717) is 23.2 Å². The summed E-state index contributed by atoms with van der Waals surface area (Å²) in [6.45, 7) is 3.20. The maximum absolute atomic E-state index is 12.4. The van der Waals surface area contributed by atoms with Gasteiger partial charge in [0.15, 0.2) is 0 Å². The molecule has 0 spiro atoms. The van der Waals surface area contributed by atoms with E-state index in [2.05, 4.69) is 0 Å². The van der Waals surface area contributed by atoms with Crippen LogP contribution in [0.3, 0.4) is 0 Å². The Hall–Kier alpha value is -0.100. The molecule has 0 saturated carbocycles. The van der Waals surface area contributed by atoms with Crippen molar-refractivity contribution in [2.75, 3.05) is 13.1 Å². The smallest absolute Gasteiger partial charge is 0.206 e. The van der Waals surface area contributed by atoms with Crippen LogP contribution in [0.25, 0.3) is 0 Å².